The second-order valence-corrected chi connectivity index (χ2v) is 7.12. The van der Waals surface area contributed by atoms with E-state index in [1.54, 1.807) is 14.1 Å². The summed E-state index contributed by atoms with van der Waals surface area (Å²) in [6, 6.07) is 10.5. The molecule has 1 atom stereocenters. The van der Waals surface area contributed by atoms with Crippen molar-refractivity contribution in [3.63, 3.8) is 0 Å². The number of aromatic nitrogens is 2. The van der Waals surface area contributed by atoms with Gasteiger partial charge in [-0.15, -0.1) is 0 Å². The van der Waals surface area contributed by atoms with Gasteiger partial charge in [-0.1, -0.05) is 31.2 Å². The topological polar surface area (TPSA) is 61.6 Å². The van der Waals surface area contributed by atoms with E-state index < -0.39 is 6.10 Å². The van der Waals surface area contributed by atoms with Gasteiger partial charge in [0.05, 0.1) is 24.4 Å². The summed E-state index contributed by atoms with van der Waals surface area (Å²) in [5.41, 5.74) is 4.45. The molecule has 0 spiro atoms. The first-order valence-corrected chi connectivity index (χ1v) is 9.22. The second-order valence-electron chi connectivity index (χ2n) is 7.12. The number of carbonyl (C=O) groups excluding carboxylic acids is 1. The van der Waals surface area contributed by atoms with Gasteiger partial charge in [0, 0.05) is 33.7 Å². The Morgan fingerprint density at radius 2 is 2.00 bits per heavy atom. The average molecular weight is 356 g/mol. The molecule has 1 aliphatic rings. The van der Waals surface area contributed by atoms with E-state index in [1.165, 1.54) is 16.0 Å². The Balaban J connectivity index is 1.67. The molecule has 1 aromatic heterocycles. The van der Waals surface area contributed by atoms with Crippen molar-refractivity contribution in [2.24, 2.45) is 0 Å². The minimum absolute atomic E-state index is 0.0665. The summed E-state index contributed by atoms with van der Waals surface area (Å²) in [6.07, 6.45) is 0.257. The van der Waals surface area contributed by atoms with Crippen molar-refractivity contribution in [3.8, 4) is 0 Å². The van der Waals surface area contributed by atoms with Crippen molar-refractivity contribution < 1.29 is 9.90 Å². The van der Waals surface area contributed by atoms with Crippen molar-refractivity contribution in [2.45, 2.75) is 45.5 Å². The number of aliphatic hydroxyl groups is 1. The van der Waals surface area contributed by atoms with E-state index in [1.807, 2.05) is 10.7 Å². The van der Waals surface area contributed by atoms with Gasteiger partial charge in [0.25, 0.3) is 0 Å². The lowest BCUT2D eigenvalue weighted by Gasteiger charge is -2.28. The highest BCUT2D eigenvalue weighted by molar-refractivity contribution is 5.76. The van der Waals surface area contributed by atoms with E-state index >= 15 is 0 Å². The predicted molar refractivity (Wildman–Crippen MR) is 100 cm³/mol. The van der Waals surface area contributed by atoms with Gasteiger partial charge in [0.1, 0.15) is 6.10 Å². The fraction of sp³-hybridized carbons (Fsp3) is 0.500. The highest BCUT2D eigenvalue weighted by Crippen LogP contribution is 2.22. The number of aliphatic hydroxyl groups excluding tert-OH is 1. The van der Waals surface area contributed by atoms with Gasteiger partial charge in [0.15, 0.2) is 0 Å². The van der Waals surface area contributed by atoms with Crippen LogP contribution < -0.4 is 0 Å². The molecule has 3 rings (SSSR count). The molecule has 0 saturated carbocycles. The first-order chi connectivity index (χ1) is 12.5. The molecule has 6 heteroatoms. The largest absolute Gasteiger partial charge is 0.386 e. The Morgan fingerprint density at radius 1 is 1.27 bits per heavy atom. The highest BCUT2D eigenvalue weighted by atomic mass is 16.3. The maximum Gasteiger partial charge on any atom is 0.225 e. The minimum atomic E-state index is -0.850. The Hall–Kier alpha value is -2.18. The SMILES string of the molecule is CCc1ccccc1CN1CCn2nc(C(O)CC(=O)N(C)C)cc2C1. The molecule has 2 heterocycles. The molecule has 1 amide bonds. The first-order valence-electron chi connectivity index (χ1n) is 9.22. The smallest absolute Gasteiger partial charge is 0.225 e. The number of hydrogen-bond acceptors (Lipinski definition) is 4. The van der Waals surface area contributed by atoms with E-state index in [0.29, 0.717) is 5.69 Å². The van der Waals surface area contributed by atoms with Crippen LogP contribution in [0.3, 0.4) is 0 Å². The van der Waals surface area contributed by atoms with Gasteiger partial charge in [-0.05, 0) is 23.6 Å². The number of benzene rings is 1. The Labute approximate surface area is 155 Å². The van der Waals surface area contributed by atoms with E-state index in [0.717, 1.165) is 38.3 Å². The molecular weight excluding hydrogens is 328 g/mol. The third-order valence-corrected chi connectivity index (χ3v) is 5.00. The van der Waals surface area contributed by atoms with Crippen molar-refractivity contribution >= 4 is 5.91 Å². The van der Waals surface area contributed by atoms with Crippen LogP contribution in [0, 0.1) is 0 Å². The number of carbonyl (C=O) groups is 1. The lowest BCUT2D eigenvalue weighted by Crippen LogP contribution is -2.33. The molecular formula is C20H28N4O2. The van der Waals surface area contributed by atoms with Gasteiger partial charge in [-0.3, -0.25) is 14.4 Å². The van der Waals surface area contributed by atoms with E-state index in [4.69, 9.17) is 0 Å². The van der Waals surface area contributed by atoms with E-state index in [-0.39, 0.29) is 12.3 Å². The number of amides is 1. The molecule has 0 fully saturated rings. The number of nitrogens with zero attached hydrogens (tertiary/aromatic N) is 4. The lowest BCUT2D eigenvalue weighted by atomic mass is 10.0. The van der Waals surface area contributed by atoms with Gasteiger partial charge in [0.2, 0.25) is 5.91 Å². The minimum Gasteiger partial charge on any atom is -0.386 e. The summed E-state index contributed by atoms with van der Waals surface area (Å²) in [4.78, 5) is 15.7. The third kappa shape index (κ3) is 4.14. The number of hydrogen-bond donors (Lipinski definition) is 1. The van der Waals surface area contributed by atoms with Crippen LogP contribution in [0.1, 0.15) is 42.0 Å². The molecule has 0 radical (unpaired) electrons. The fourth-order valence-corrected chi connectivity index (χ4v) is 3.39. The molecule has 140 valence electrons. The predicted octanol–water partition coefficient (Wildman–Crippen LogP) is 1.97. The second kappa shape index (κ2) is 8.01. The fourth-order valence-electron chi connectivity index (χ4n) is 3.39. The molecule has 1 N–H and O–H groups in total. The lowest BCUT2D eigenvalue weighted by molar-refractivity contribution is -0.130. The zero-order valence-corrected chi connectivity index (χ0v) is 15.9. The van der Waals surface area contributed by atoms with Gasteiger partial charge >= 0.3 is 0 Å². The standard InChI is InChI=1S/C20H28N4O2/c1-4-15-7-5-6-8-16(15)13-23-9-10-24-17(14-23)11-18(21-24)19(25)12-20(26)22(2)3/h5-8,11,19,25H,4,9-10,12-14H2,1-3H3. The van der Waals surface area contributed by atoms with E-state index in [9.17, 15) is 9.90 Å². The third-order valence-electron chi connectivity index (χ3n) is 5.00. The van der Waals surface area contributed by atoms with Crippen LogP contribution in [0.15, 0.2) is 30.3 Å². The first kappa shape index (κ1) is 18.6. The van der Waals surface area contributed by atoms with Crippen LogP contribution in [0.5, 0.6) is 0 Å². The molecule has 0 aliphatic carbocycles. The molecule has 1 unspecified atom stereocenters. The Morgan fingerprint density at radius 3 is 2.69 bits per heavy atom. The zero-order chi connectivity index (χ0) is 18.7. The summed E-state index contributed by atoms with van der Waals surface area (Å²) < 4.78 is 1.96. The Kier molecular flexibility index (Phi) is 5.74. The van der Waals surface area contributed by atoms with Crippen molar-refractivity contribution in [2.75, 3.05) is 20.6 Å². The average Bonchev–Trinajstić information content (AvgIpc) is 3.05. The molecule has 2 aromatic rings. The van der Waals surface area contributed by atoms with Crippen LogP contribution in [0.4, 0.5) is 0 Å². The summed E-state index contributed by atoms with van der Waals surface area (Å²) in [5, 5.41) is 14.8. The molecule has 6 nitrogen and oxygen atoms in total. The van der Waals surface area contributed by atoms with Crippen LogP contribution in [0.25, 0.3) is 0 Å². The van der Waals surface area contributed by atoms with E-state index in [2.05, 4.69) is 41.2 Å². The summed E-state index contributed by atoms with van der Waals surface area (Å²) >= 11 is 0. The van der Waals surface area contributed by atoms with Crippen LogP contribution in [0.2, 0.25) is 0 Å². The maximum atomic E-state index is 11.8. The van der Waals surface area contributed by atoms with Crippen molar-refractivity contribution in [1.82, 2.24) is 19.6 Å². The van der Waals surface area contributed by atoms with Crippen LogP contribution >= 0.6 is 0 Å². The monoisotopic (exact) mass is 356 g/mol. The van der Waals surface area contributed by atoms with Gasteiger partial charge in [-0.25, -0.2) is 0 Å². The normalized spacial score (nSPS) is 15.5. The van der Waals surface area contributed by atoms with Crippen molar-refractivity contribution in [3.05, 3.63) is 52.8 Å². The molecule has 0 bridgehead atoms. The molecule has 0 saturated heterocycles. The summed E-state index contributed by atoms with van der Waals surface area (Å²) in [5.74, 6) is -0.0960. The number of rotatable bonds is 6. The highest BCUT2D eigenvalue weighted by Gasteiger charge is 2.23. The van der Waals surface area contributed by atoms with Crippen molar-refractivity contribution in [1.29, 1.82) is 0 Å². The van der Waals surface area contributed by atoms with Crippen LogP contribution in [-0.2, 0) is 30.8 Å². The zero-order valence-electron chi connectivity index (χ0n) is 15.9. The Bertz CT molecular complexity index is 769. The molecule has 1 aliphatic heterocycles. The summed E-state index contributed by atoms with van der Waals surface area (Å²) in [7, 11) is 3.39. The van der Waals surface area contributed by atoms with Gasteiger partial charge < -0.3 is 10.0 Å². The number of aryl methyl sites for hydroxylation is 1. The molecule has 26 heavy (non-hydrogen) atoms. The quantitative estimate of drug-likeness (QED) is 0.860. The maximum absolute atomic E-state index is 11.8. The molecule has 1 aromatic carbocycles. The summed E-state index contributed by atoms with van der Waals surface area (Å²) in [6.45, 7) is 5.65. The van der Waals surface area contributed by atoms with Crippen LogP contribution in [-0.4, -0.2) is 51.2 Å². The number of fused-ring (bicyclic) bond motifs is 1. The van der Waals surface area contributed by atoms with Gasteiger partial charge in [-0.2, -0.15) is 5.10 Å².